The smallest absolute Gasteiger partial charge is 0.409 e. The molecule has 0 heterocycles. The molecule has 0 aliphatic rings. The molecule has 0 aromatic heterocycles. The number of amides is 1. The number of unbranched alkanes of at least 4 members (excludes halogenated alkanes) is 2. The van der Waals surface area contributed by atoms with Crippen LogP contribution in [0.15, 0.2) is 0 Å². The van der Waals surface area contributed by atoms with E-state index in [1.165, 1.54) is 4.90 Å². The molecule has 0 aliphatic heterocycles. The van der Waals surface area contributed by atoms with E-state index in [9.17, 15) is 14.4 Å². The third kappa shape index (κ3) is 11.0. The fraction of sp³-hybridized carbons (Fsp3) is 0.727. The van der Waals surface area contributed by atoms with Gasteiger partial charge in [0, 0.05) is 25.9 Å². The summed E-state index contributed by atoms with van der Waals surface area (Å²) in [4.78, 5) is 33.6. The van der Waals surface area contributed by atoms with Gasteiger partial charge in [-0.05, 0) is 12.8 Å². The Balaban J connectivity index is 4.22. The highest BCUT2D eigenvalue weighted by Crippen LogP contribution is 2.26. The number of ether oxygens (including phenoxy) is 1. The van der Waals surface area contributed by atoms with Gasteiger partial charge in [0.1, 0.15) is 19.2 Å². The number of rotatable bonds is 9. The monoisotopic (exact) mass is 331 g/mol. The SMILES string of the molecule is O=CCCCN(CCCC=O)C(=O)OCC(Cl)(Cl)Cl. The van der Waals surface area contributed by atoms with Gasteiger partial charge in [0.2, 0.25) is 3.79 Å². The zero-order valence-corrected chi connectivity index (χ0v) is 12.6. The lowest BCUT2D eigenvalue weighted by Crippen LogP contribution is -2.35. The maximum Gasteiger partial charge on any atom is 0.409 e. The van der Waals surface area contributed by atoms with E-state index in [0.29, 0.717) is 38.8 Å². The van der Waals surface area contributed by atoms with Crippen LogP contribution in [0.4, 0.5) is 4.79 Å². The largest absolute Gasteiger partial charge is 0.445 e. The molecule has 0 aromatic carbocycles. The predicted octanol–water partition coefficient (Wildman–Crippen LogP) is 2.75. The van der Waals surface area contributed by atoms with E-state index in [2.05, 4.69) is 0 Å². The zero-order chi connectivity index (χ0) is 14.7. The van der Waals surface area contributed by atoms with E-state index in [4.69, 9.17) is 39.5 Å². The quantitative estimate of drug-likeness (QED) is 0.370. The van der Waals surface area contributed by atoms with Gasteiger partial charge in [0.15, 0.2) is 0 Å². The zero-order valence-electron chi connectivity index (χ0n) is 10.3. The highest BCUT2D eigenvalue weighted by molar-refractivity contribution is 6.67. The van der Waals surface area contributed by atoms with Crippen LogP contribution in [0, 0.1) is 0 Å². The molecular weight excluding hydrogens is 316 g/mol. The highest BCUT2D eigenvalue weighted by Gasteiger charge is 2.24. The van der Waals surface area contributed by atoms with Crippen LogP contribution in [0.1, 0.15) is 25.7 Å². The lowest BCUT2D eigenvalue weighted by Gasteiger charge is -2.22. The second-order valence-electron chi connectivity index (χ2n) is 3.77. The van der Waals surface area contributed by atoms with Gasteiger partial charge in [-0.15, -0.1) is 0 Å². The molecule has 0 unspecified atom stereocenters. The lowest BCUT2D eigenvalue weighted by molar-refractivity contribution is -0.108. The first-order chi connectivity index (χ1) is 8.90. The molecule has 0 aliphatic carbocycles. The topological polar surface area (TPSA) is 63.7 Å². The van der Waals surface area contributed by atoms with Crippen LogP contribution >= 0.6 is 34.8 Å². The molecule has 0 bridgehead atoms. The number of hydrogen-bond acceptors (Lipinski definition) is 4. The minimum Gasteiger partial charge on any atom is -0.445 e. The van der Waals surface area contributed by atoms with E-state index >= 15 is 0 Å². The van der Waals surface area contributed by atoms with Crippen molar-refractivity contribution in [2.45, 2.75) is 29.5 Å². The van der Waals surface area contributed by atoms with Gasteiger partial charge in [0.25, 0.3) is 0 Å². The molecule has 0 saturated carbocycles. The standard InChI is InChI=1S/C11H16Cl3NO4/c12-11(13,14)9-19-10(18)15(5-1-3-7-16)6-2-4-8-17/h7-8H,1-6,9H2. The number of aldehydes is 2. The van der Waals surface area contributed by atoms with Crippen molar-refractivity contribution in [3.05, 3.63) is 0 Å². The summed E-state index contributed by atoms with van der Waals surface area (Å²) >= 11 is 16.4. The average molecular weight is 333 g/mol. The van der Waals surface area contributed by atoms with Crippen molar-refractivity contribution in [2.75, 3.05) is 19.7 Å². The molecule has 0 atom stereocenters. The minimum atomic E-state index is -1.66. The van der Waals surface area contributed by atoms with Crippen LogP contribution in [-0.2, 0) is 14.3 Å². The van der Waals surface area contributed by atoms with Gasteiger partial charge < -0.3 is 19.2 Å². The lowest BCUT2D eigenvalue weighted by atomic mass is 10.3. The molecule has 0 rings (SSSR count). The maximum absolute atomic E-state index is 11.7. The van der Waals surface area contributed by atoms with E-state index in [1.807, 2.05) is 0 Å². The van der Waals surface area contributed by atoms with Crippen LogP contribution in [-0.4, -0.2) is 47.1 Å². The Labute approximate surface area is 127 Å². The fourth-order valence-corrected chi connectivity index (χ4v) is 1.42. The molecule has 0 radical (unpaired) electrons. The first kappa shape index (κ1) is 18.5. The Morgan fingerprint density at radius 1 is 1.05 bits per heavy atom. The number of nitrogens with zero attached hydrogens (tertiary/aromatic N) is 1. The summed E-state index contributed by atoms with van der Waals surface area (Å²) < 4.78 is 3.18. The Morgan fingerprint density at radius 3 is 1.89 bits per heavy atom. The molecule has 110 valence electrons. The van der Waals surface area contributed by atoms with Crippen LogP contribution in [0.3, 0.4) is 0 Å². The van der Waals surface area contributed by atoms with Crippen molar-refractivity contribution in [1.82, 2.24) is 4.90 Å². The summed E-state index contributed by atoms with van der Waals surface area (Å²) in [6.07, 6.45) is 2.67. The minimum absolute atomic E-state index is 0.349. The molecule has 1 amide bonds. The average Bonchev–Trinajstić information content (AvgIpc) is 2.33. The Morgan fingerprint density at radius 2 is 1.53 bits per heavy atom. The summed E-state index contributed by atoms with van der Waals surface area (Å²) in [5.41, 5.74) is 0. The first-order valence-corrected chi connectivity index (χ1v) is 6.90. The van der Waals surface area contributed by atoms with Crippen molar-refractivity contribution in [3.63, 3.8) is 0 Å². The van der Waals surface area contributed by atoms with Gasteiger partial charge in [-0.1, -0.05) is 34.8 Å². The molecule has 19 heavy (non-hydrogen) atoms. The second kappa shape index (κ2) is 10.3. The molecule has 0 spiro atoms. The van der Waals surface area contributed by atoms with E-state index in [0.717, 1.165) is 12.6 Å². The van der Waals surface area contributed by atoms with Crippen LogP contribution in [0.5, 0.6) is 0 Å². The predicted molar refractivity (Wildman–Crippen MR) is 73.8 cm³/mol. The van der Waals surface area contributed by atoms with Gasteiger partial charge >= 0.3 is 6.09 Å². The number of halogens is 3. The summed E-state index contributed by atoms with van der Waals surface area (Å²) in [6, 6.07) is 0. The Bertz CT molecular complexity index is 280. The van der Waals surface area contributed by atoms with Crippen LogP contribution in [0.2, 0.25) is 0 Å². The summed E-state index contributed by atoms with van der Waals surface area (Å²) in [5.74, 6) is 0. The maximum atomic E-state index is 11.7. The van der Waals surface area contributed by atoms with Gasteiger partial charge in [-0.3, -0.25) is 0 Å². The fourth-order valence-electron chi connectivity index (χ4n) is 1.26. The number of alkyl halides is 3. The van der Waals surface area contributed by atoms with Gasteiger partial charge in [-0.2, -0.15) is 0 Å². The van der Waals surface area contributed by atoms with Crippen LogP contribution < -0.4 is 0 Å². The third-order valence-electron chi connectivity index (χ3n) is 2.12. The van der Waals surface area contributed by atoms with E-state index in [-0.39, 0.29) is 6.61 Å². The van der Waals surface area contributed by atoms with Crippen molar-refractivity contribution >= 4 is 53.5 Å². The molecule has 8 heteroatoms. The molecule has 0 saturated heterocycles. The normalized spacial score (nSPS) is 10.9. The third-order valence-corrected chi connectivity index (χ3v) is 2.44. The number of carbonyl (C=O) groups excluding carboxylic acids is 3. The molecular formula is C11H16Cl3NO4. The van der Waals surface area contributed by atoms with Crippen molar-refractivity contribution < 1.29 is 19.1 Å². The number of carbonyl (C=O) groups is 3. The van der Waals surface area contributed by atoms with Crippen molar-refractivity contribution in [3.8, 4) is 0 Å². The highest BCUT2D eigenvalue weighted by atomic mass is 35.6. The van der Waals surface area contributed by atoms with Gasteiger partial charge in [-0.25, -0.2) is 4.79 Å². The van der Waals surface area contributed by atoms with Gasteiger partial charge in [0.05, 0.1) is 0 Å². The Kier molecular flexibility index (Phi) is 10.0. The second-order valence-corrected chi connectivity index (χ2v) is 6.29. The molecule has 0 N–H and O–H groups in total. The van der Waals surface area contributed by atoms with Crippen LogP contribution in [0.25, 0.3) is 0 Å². The van der Waals surface area contributed by atoms with E-state index < -0.39 is 9.89 Å². The summed E-state index contributed by atoms with van der Waals surface area (Å²) in [6.45, 7) is 0.362. The van der Waals surface area contributed by atoms with Crippen molar-refractivity contribution in [1.29, 1.82) is 0 Å². The summed E-state index contributed by atoms with van der Waals surface area (Å²) in [5, 5.41) is 0. The van der Waals surface area contributed by atoms with Crippen molar-refractivity contribution in [2.24, 2.45) is 0 Å². The summed E-state index contributed by atoms with van der Waals surface area (Å²) in [7, 11) is 0. The molecule has 0 aromatic rings. The molecule has 0 fully saturated rings. The van der Waals surface area contributed by atoms with E-state index in [1.54, 1.807) is 0 Å². The number of hydrogen-bond donors (Lipinski definition) is 0. The molecule has 5 nitrogen and oxygen atoms in total. The Hall–Kier alpha value is -0.520. The first-order valence-electron chi connectivity index (χ1n) is 5.76.